The van der Waals surface area contributed by atoms with Crippen molar-refractivity contribution in [3.05, 3.63) is 94.8 Å². The number of hydrogen-bond acceptors (Lipinski definition) is 6. The van der Waals surface area contributed by atoms with Gasteiger partial charge < -0.3 is 10.1 Å². The molecule has 192 valence electrons. The third-order valence-electron chi connectivity index (χ3n) is 6.06. The Bertz CT molecular complexity index is 1620. The van der Waals surface area contributed by atoms with Crippen LogP contribution in [-0.2, 0) is 11.3 Å². The fourth-order valence-corrected chi connectivity index (χ4v) is 5.19. The van der Waals surface area contributed by atoms with Crippen molar-refractivity contribution >= 4 is 33.1 Å². The van der Waals surface area contributed by atoms with Crippen LogP contribution in [0.3, 0.4) is 0 Å². The number of benzene rings is 3. The van der Waals surface area contributed by atoms with Gasteiger partial charge in [0.2, 0.25) is 5.91 Å². The summed E-state index contributed by atoms with van der Waals surface area (Å²) in [5.74, 6) is 0.681. The highest BCUT2D eigenvalue weighted by Gasteiger charge is 2.09. The van der Waals surface area contributed by atoms with E-state index in [1.54, 1.807) is 17.4 Å². The molecule has 1 N–H and O–H groups in total. The van der Waals surface area contributed by atoms with Crippen molar-refractivity contribution in [2.24, 2.45) is 0 Å². The number of fused-ring (bicyclic) bond motifs is 1. The zero-order chi connectivity index (χ0) is 26.5. The second-order valence-corrected chi connectivity index (χ2v) is 9.99. The standard InChI is InChI=1S/C30H28N4O3S/c1-3-37-24-13-9-21(10-14-24)25-16-17-29(36)34(33-25)18-4-5-28(35)31-23-11-7-22(8-12-23)30-32-26-15-6-20(2)19-27(26)38-30/h6-17,19H,3-5,18H2,1-2H3,(H,31,35). The summed E-state index contributed by atoms with van der Waals surface area (Å²) in [6.07, 6.45) is 0.773. The van der Waals surface area contributed by atoms with E-state index < -0.39 is 0 Å². The maximum atomic E-state index is 12.5. The molecule has 0 saturated heterocycles. The van der Waals surface area contributed by atoms with Crippen LogP contribution in [0, 0.1) is 6.92 Å². The van der Waals surface area contributed by atoms with E-state index in [9.17, 15) is 9.59 Å². The number of aryl methyl sites for hydroxylation is 2. The summed E-state index contributed by atoms with van der Waals surface area (Å²) in [5, 5.41) is 8.37. The number of ether oxygens (including phenoxy) is 1. The van der Waals surface area contributed by atoms with E-state index in [-0.39, 0.29) is 17.9 Å². The first kappa shape index (κ1) is 25.4. The molecule has 0 atom stereocenters. The lowest BCUT2D eigenvalue weighted by molar-refractivity contribution is -0.116. The fourth-order valence-electron chi connectivity index (χ4n) is 4.12. The molecule has 0 saturated carbocycles. The van der Waals surface area contributed by atoms with Crippen molar-refractivity contribution in [2.45, 2.75) is 33.2 Å². The van der Waals surface area contributed by atoms with Gasteiger partial charge in [-0.15, -0.1) is 11.3 Å². The Morgan fingerprint density at radius 2 is 1.74 bits per heavy atom. The Morgan fingerprint density at radius 1 is 0.974 bits per heavy atom. The highest BCUT2D eigenvalue weighted by atomic mass is 32.1. The molecule has 0 unspecified atom stereocenters. The predicted octanol–water partition coefficient (Wildman–Crippen LogP) is 6.31. The molecule has 2 heterocycles. The molecule has 5 aromatic rings. The second kappa shape index (κ2) is 11.4. The van der Waals surface area contributed by atoms with Crippen molar-refractivity contribution in [1.82, 2.24) is 14.8 Å². The van der Waals surface area contributed by atoms with E-state index in [0.717, 1.165) is 37.8 Å². The van der Waals surface area contributed by atoms with Crippen molar-refractivity contribution in [1.29, 1.82) is 0 Å². The van der Waals surface area contributed by atoms with Crippen LogP contribution in [0.4, 0.5) is 5.69 Å². The number of carbonyl (C=O) groups excluding carboxylic acids is 1. The average molecular weight is 525 g/mol. The number of carbonyl (C=O) groups is 1. The first-order valence-corrected chi connectivity index (χ1v) is 13.4. The Labute approximate surface area is 224 Å². The molecule has 0 aliphatic rings. The van der Waals surface area contributed by atoms with Crippen LogP contribution >= 0.6 is 11.3 Å². The summed E-state index contributed by atoms with van der Waals surface area (Å²) < 4.78 is 8.06. The quantitative estimate of drug-likeness (QED) is 0.244. The summed E-state index contributed by atoms with van der Waals surface area (Å²) in [6.45, 7) is 4.97. The van der Waals surface area contributed by atoms with Gasteiger partial charge in [-0.2, -0.15) is 5.10 Å². The van der Waals surface area contributed by atoms with Gasteiger partial charge in [-0.25, -0.2) is 9.67 Å². The normalized spacial score (nSPS) is 11.0. The monoisotopic (exact) mass is 524 g/mol. The van der Waals surface area contributed by atoms with Crippen LogP contribution in [0.15, 0.2) is 83.7 Å². The average Bonchev–Trinajstić information content (AvgIpc) is 3.34. The second-order valence-electron chi connectivity index (χ2n) is 8.96. The van der Waals surface area contributed by atoms with Crippen molar-refractivity contribution < 1.29 is 9.53 Å². The van der Waals surface area contributed by atoms with Crippen LogP contribution in [-0.4, -0.2) is 27.3 Å². The molecule has 8 heteroatoms. The molecule has 2 aromatic heterocycles. The predicted molar refractivity (Wildman–Crippen MR) is 153 cm³/mol. The van der Waals surface area contributed by atoms with Crippen molar-refractivity contribution in [3.63, 3.8) is 0 Å². The number of thiazole rings is 1. The molecule has 5 rings (SSSR count). The van der Waals surface area contributed by atoms with Gasteiger partial charge in [-0.1, -0.05) is 6.07 Å². The van der Waals surface area contributed by atoms with Crippen LogP contribution in [0.5, 0.6) is 5.75 Å². The third-order valence-corrected chi connectivity index (χ3v) is 7.13. The Balaban J connectivity index is 1.16. The van der Waals surface area contributed by atoms with E-state index in [1.165, 1.54) is 16.3 Å². The van der Waals surface area contributed by atoms with E-state index in [2.05, 4.69) is 29.5 Å². The molecule has 0 aliphatic carbocycles. The van der Waals surface area contributed by atoms with Gasteiger partial charge in [0.15, 0.2) is 0 Å². The van der Waals surface area contributed by atoms with E-state index in [4.69, 9.17) is 9.72 Å². The lowest BCUT2D eigenvalue weighted by Gasteiger charge is -2.09. The topological polar surface area (TPSA) is 86.1 Å². The molecule has 38 heavy (non-hydrogen) atoms. The lowest BCUT2D eigenvalue weighted by Crippen LogP contribution is -2.23. The minimum atomic E-state index is -0.194. The zero-order valence-electron chi connectivity index (χ0n) is 21.3. The number of anilines is 1. The number of nitrogens with zero attached hydrogens (tertiary/aromatic N) is 3. The number of amides is 1. The summed E-state index contributed by atoms with van der Waals surface area (Å²) in [5.41, 5.74) is 5.34. The lowest BCUT2D eigenvalue weighted by atomic mass is 10.1. The fraction of sp³-hybridized carbons (Fsp3) is 0.200. The molecule has 0 fully saturated rings. The Hall–Kier alpha value is -4.30. The molecule has 0 bridgehead atoms. The number of rotatable bonds is 9. The molecule has 0 spiro atoms. The number of aromatic nitrogens is 3. The van der Waals surface area contributed by atoms with Crippen LogP contribution in [0.1, 0.15) is 25.3 Å². The van der Waals surface area contributed by atoms with Crippen LogP contribution < -0.4 is 15.6 Å². The van der Waals surface area contributed by atoms with E-state index in [1.807, 2.05) is 61.5 Å². The van der Waals surface area contributed by atoms with Gasteiger partial charge in [0.1, 0.15) is 10.8 Å². The number of hydrogen-bond donors (Lipinski definition) is 1. The SMILES string of the molecule is CCOc1ccc(-c2ccc(=O)n(CCCC(=O)Nc3ccc(-c4nc5ccc(C)cc5s4)cc3)n2)cc1. The molecular weight excluding hydrogens is 496 g/mol. The van der Waals surface area contributed by atoms with Crippen molar-refractivity contribution in [3.8, 4) is 27.6 Å². The maximum absolute atomic E-state index is 12.5. The van der Waals surface area contributed by atoms with E-state index >= 15 is 0 Å². The first-order valence-electron chi connectivity index (χ1n) is 12.6. The first-order chi connectivity index (χ1) is 18.5. The Morgan fingerprint density at radius 3 is 2.50 bits per heavy atom. The zero-order valence-corrected chi connectivity index (χ0v) is 22.1. The van der Waals surface area contributed by atoms with Gasteiger partial charge >= 0.3 is 0 Å². The summed E-state index contributed by atoms with van der Waals surface area (Å²) >= 11 is 1.66. The number of nitrogens with one attached hydrogen (secondary N) is 1. The molecule has 0 radical (unpaired) electrons. The van der Waals surface area contributed by atoms with Gasteiger partial charge in [-0.05, 0) is 92.6 Å². The Kier molecular flexibility index (Phi) is 7.60. The molecular formula is C30H28N4O3S. The molecule has 1 amide bonds. The van der Waals surface area contributed by atoms with Crippen LogP contribution in [0.2, 0.25) is 0 Å². The minimum Gasteiger partial charge on any atom is -0.494 e. The smallest absolute Gasteiger partial charge is 0.266 e. The van der Waals surface area contributed by atoms with Crippen LogP contribution in [0.25, 0.3) is 32.0 Å². The van der Waals surface area contributed by atoms with Gasteiger partial charge in [-0.3, -0.25) is 9.59 Å². The summed E-state index contributed by atoms with van der Waals surface area (Å²) in [7, 11) is 0. The van der Waals surface area contributed by atoms with E-state index in [0.29, 0.717) is 25.3 Å². The molecule has 0 aliphatic heterocycles. The highest BCUT2D eigenvalue weighted by Crippen LogP contribution is 2.31. The third kappa shape index (κ3) is 5.98. The minimum absolute atomic E-state index is 0.107. The molecule has 3 aromatic carbocycles. The summed E-state index contributed by atoms with van der Waals surface area (Å²) in [6, 6.07) is 24.8. The molecule has 7 nitrogen and oxygen atoms in total. The highest BCUT2D eigenvalue weighted by molar-refractivity contribution is 7.21. The summed E-state index contributed by atoms with van der Waals surface area (Å²) in [4.78, 5) is 29.6. The van der Waals surface area contributed by atoms with Gasteiger partial charge in [0, 0.05) is 35.8 Å². The maximum Gasteiger partial charge on any atom is 0.266 e. The van der Waals surface area contributed by atoms with Gasteiger partial charge in [0.25, 0.3) is 5.56 Å². The largest absolute Gasteiger partial charge is 0.494 e. The van der Waals surface area contributed by atoms with Crippen molar-refractivity contribution in [2.75, 3.05) is 11.9 Å². The van der Waals surface area contributed by atoms with Gasteiger partial charge in [0.05, 0.1) is 22.5 Å².